The van der Waals surface area contributed by atoms with Crippen LogP contribution in [0.3, 0.4) is 0 Å². The molecule has 0 aromatic carbocycles. The zero-order chi connectivity index (χ0) is 23.5. The standard InChI is InChI=1S/C25H32N4O4S/c1-2-32-25(30)17(14-26)13-16-3-8-20-21(16)22-23(27-15-28-24(22)34-20)33-19-6-4-18(5-7-19)29-9-11-31-12-10-29/h15-19H,2-13H2,1H3/t16-,17?,18-,19-/m1/s1. The van der Waals surface area contributed by atoms with Crippen LogP contribution in [0, 0.1) is 17.2 Å². The molecule has 2 fully saturated rings. The van der Waals surface area contributed by atoms with Crippen molar-refractivity contribution in [1.29, 1.82) is 5.26 Å². The number of fused-ring (bicyclic) bond motifs is 3. The molecule has 0 amide bonds. The molecule has 1 aliphatic heterocycles. The molecule has 2 aromatic rings. The average molecular weight is 485 g/mol. The summed E-state index contributed by atoms with van der Waals surface area (Å²) >= 11 is 1.69. The lowest BCUT2D eigenvalue weighted by molar-refractivity contribution is -0.146. The molecule has 0 radical (unpaired) electrons. The molecular weight excluding hydrogens is 452 g/mol. The van der Waals surface area contributed by atoms with Gasteiger partial charge in [0.2, 0.25) is 5.88 Å². The minimum absolute atomic E-state index is 0.114. The zero-order valence-electron chi connectivity index (χ0n) is 19.7. The van der Waals surface area contributed by atoms with Gasteiger partial charge in [-0.2, -0.15) is 5.26 Å². The Labute approximate surface area is 204 Å². The molecule has 2 atom stereocenters. The van der Waals surface area contributed by atoms with Crippen molar-refractivity contribution >= 4 is 27.5 Å². The van der Waals surface area contributed by atoms with Crippen molar-refractivity contribution in [2.24, 2.45) is 5.92 Å². The molecular formula is C25H32N4O4S. The fourth-order valence-electron chi connectivity index (χ4n) is 5.72. The SMILES string of the molecule is CCOC(=O)C(C#N)C[C@H]1CCc2sc3ncnc(O[C@H]4CC[C@H](N5CCOCC5)CC4)c3c21. The molecule has 0 N–H and O–H groups in total. The number of rotatable bonds is 7. The number of carbonyl (C=O) groups excluding carboxylic acids is 1. The van der Waals surface area contributed by atoms with E-state index < -0.39 is 11.9 Å². The van der Waals surface area contributed by atoms with Gasteiger partial charge in [-0.05, 0) is 63.4 Å². The van der Waals surface area contributed by atoms with Gasteiger partial charge in [0.25, 0.3) is 0 Å². The van der Waals surface area contributed by atoms with Gasteiger partial charge in [0.05, 0.1) is 31.3 Å². The molecule has 1 saturated heterocycles. The Morgan fingerprint density at radius 3 is 2.79 bits per heavy atom. The minimum atomic E-state index is -0.754. The van der Waals surface area contributed by atoms with Crippen LogP contribution in [-0.4, -0.2) is 65.9 Å². The van der Waals surface area contributed by atoms with E-state index in [1.807, 2.05) is 0 Å². The lowest BCUT2D eigenvalue weighted by atomic mass is 9.90. The number of aromatic nitrogens is 2. The van der Waals surface area contributed by atoms with E-state index in [2.05, 4.69) is 20.9 Å². The van der Waals surface area contributed by atoms with Crippen molar-refractivity contribution in [3.8, 4) is 11.9 Å². The van der Waals surface area contributed by atoms with Crippen LogP contribution in [0.25, 0.3) is 10.2 Å². The molecule has 2 aliphatic carbocycles. The maximum atomic E-state index is 12.2. The van der Waals surface area contributed by atoms with E-state index in [1.165, 1.54) is 10.4 Å². The van der Waals surface area contributed by atoms with Crippen LogP contribution >= 0.6 is 11.3 Å². The third-order valence-electron chi connectivity index (χ3n) is 7.43. The van der Waals surface area contributed by atoms with Crippen LogP contribution in [0.1, 0.15) is 61.8 Å². The molecule has 8 nitrogen and oxygen atoms in total. The van der Waals surface area contributed by atoms with Gasteiger partial charge < -0.3 is 14.2 Å². The lowest BCUT2D eigenvalue weighted by Gasteiger charge is -2.38. The summed E-state index contributed by atoms with van der Waals surface area (Å²) in [6.45, 7) is 5.78. The molecule has 3 heterocycles. The van der Waals surface area contributed by atoms with Crippen molar-refractivity contribution in [3.63, 3.8) is 0 Å². The minimum Gasteiger partial charge on any atom is -0.474 e. The summed E-state index contributed by atoms with van der Waals surface area (Å²) in [6.07, 6.45) is 8.36. The Bertz CT molecular complexity index is 1050. The van der Waals surface area contributed by atoms with Gasteiger partial charge in [-0.1, -0.05) is 0 Å². The Morgan fingerprint density at radius 1 is 1.26 bits per heavy atom. The summed E-state index contributed by atoms with van der Waals surface area (Å²) in [7, 11) is 0. The summed E-state index contributed by atoms with van der Waals surface area (Å²) in [5, 5.41) is 10.6. The zero-order valence-corrected chi connectivity index (χ0v) is 20.5. The molecule has 0 bridgehead atoms. The first-order valence-corrected chi connectivity index (χ1v) is 13.3. The smallest absolute Gasteiger partial charge is 0.323 e. The van der Waals surface area contributed by atoms with Crippen LogP contribution in [0.2, 0.25) is 0 Å². The van der Waals surface area contributed by atoms with Crippen LogP contribution in [0.15, 0.2) is 6.33 Å². The molecule has 3 aliphatic rings. The Kier molecular flexibility index (Phi) is 7.28. The first-order valence-electron chi connectivity index (χ1n) is 12.5. The van der Waals surface area contributed by atoms with Gasteiger partial charge in [0, 0.05) is 24.0 Å². The summed E-state index contributed by atoms with van der Waals surface area (Å²) in [4.78, 5) is 26.1. The monoisotopic (exact) mass is 484 g/mol. The Hall–Kier alpha value is -2.28. The highest BCUT2D eigenvalue weighted by Gasteiger charge is 2.35. The van der Waals surface area contributed by atoms with Crippen molar-refractivity contribution in [1.82, 2.24) is 14.9 Å². The number of hydrogen-bond acceptors (Lipinski definition) is 9. The third-order valence-corrected chi connectivity index (χ3v) is 8.60. The normalized spacial score (nSPS) is 26.1. The summed E-state index contributed by atoms with van der Waals surface area (Å²) in [5.41, 5.74) is 1.18. The lowest BCUT2D eigenvalue weighted by Crippen LogP contribution is -2.46. The number of aryl methyl sites for hydroxylation is 1. The maximum Gasteiger partial charge on any atom is 0.323 e. The molecule has 1 saturated carbocycles. The van der Waals surface area contributed by atoms with Crippen LogP contribution in [-0.2, 0) is 20.7 Å². The molecule has 182 valence electrons. The molecule has 5 rings (SSSR count). The van der Waals surface area contributed by atoms with Gasteiger partial charge in [0.15, 0.2) is 0 Å². The summed E-state index contributed by atoms with van der Waals surface area (Å²) in [5.74, 6) is -0.407. The van der Waals surface area contributed by atoms with Crippen LogP contribution in [0.5, 0.6) is 5.88 Å². The third kappa shape index (κ3) is 4.77. The maximum absolute atomic E-state index is 12.2. The Morgan fingerprint density at radius 2 is 2.06 bits per heavy atom. The number of esters is 1. The highest BCUT2D eigenvalue weighted by molar-refractivity contribution is 7.19. The van der Waals surface area contributed by atoms with Crippen LogP contribution in [0.4, 0.5) is 0 Å². The van der Waals surface area contributed by atoms with Gasteiger partial charge in [-0.3, -0.25) is 9.69 Å². The number of thiophene rings is 1. The summed E-state index contributed by atoms with van der Waals surface area (Å²) in [6, 6.07) is 2.77. The predicted molar refractivity (Wildman–Crippen MR) is 128 cm³/mol. The number of hydrogen-bond donors (Lipinski definition) is 0. The van der Waals surface area contributed by atoms with E-state index >= 15 is 0 Å². The number of morpholine rings is 1. The van der Waals surface area contributed by atoms with Crippen LogP contribution < -0.4 is 4.74 Å². The second-order valence-corrected chi connectivity index (χ2v) is 10.5. The highest BCUT2D eigenvalue weighted by atomic mass is 32.1. The first kappa shape index (κ1) is 23.5. The number of ether oxygens (including phenoxy) is 3. The van der Waals surface area contributed by atoms with Gasteiger partial charge >= 0.3 is 5.97 Å². The van der Waals surface area contributed by atoms with E-state index in [0.29, 0.717) is 18.3 Å². The number of nitrogens with zero attached hydrogens (tertiary/aromatic N) is 4. The van der Waals surface area contributed by atoms with E-state index in [1.54, 1.807) is 24.6 Å². The fourth-order valence-corrected chi connectivity index (χ4v) is 6.95. The number of nitriles is 1. The molecule has 0 spiro atoms. The van der Waals surface area contributed by atoms with E-state index in [9.17, 15) is 10.1 Å². The van der Waals surface area contributed by atoms with Crippen molar-refractivity contribution in [2.75, 3.05) is 32.9 Å². The quantitative estimate of drug-likeness (QED) is 0.547. The van der Waals surface area contributed by atoms with E-state index in [0.717, 1.165) is 75.0 Å². The molecule has 9 heteroatoms. The second kappa shape index (κ2) is 10.5. The van der Waals surface area contributed by atoms with E-state index in [4.69, 9.17) is 14.2 Å². The van der Waals surface area contributed by atoms with Crippen molar-refractivity contribution in [2.45, 2.75) is 69.9 Å². The van der Waals surface area contributed by atoms with Gasteiger partial charge in [0.1, 0.15) is 23.2 Å². The Balaban J connectivity index is 1.31. The average Bonchev–Trinajstić information content (AvgIpc) is 3.43. The molecule has 2 aromatic heterocycles. The molecule has 1 unspecified atom stereocenters. The highest BCUT2D eigenvalue weighted by Crippen LogP contribution is 2.48. The number of carbonyl (C=O) groups is 1. The van der Waals surface area contributed by atoms with Gasteiger partial charge in [-0.15, -0.1) is 11.3 Å². The van der Waals surface area contributed by atoms with Gasteiger partial charge in [-0.25, -0.2) is 9.97 Å². The predicted octanol–water partition coefficient (Wildman–Crippen LogP) is 3.84. The second-order valence-electron chi connectivity index (χ2n) is 9.40. The topological polar surface area (TPSA) is 97.6 Å². The molecule has 34 heavy (non-hydrogen) atoms. The fraction of sp³-hybridized carbons (Fsp3) is 0.680. The van der Waals surface area contributed by atoms with E-state index in [-0.39, 0.29) is 18.6 Å². The largest absolute Gasteiger partial charge is 0.474 e. The van der Waals surface area contributed by atoms with Crippen molar-refractivity contribution < 1.29 is 19.0 Å². The van der Waals surface area contributed by atoms with Crippen molar-refractivity contribution in [3.05, 3.63) is 16.8 Å². The summed E-state index contributed by atoms with van der Waals surface area (Å²) < 4.78 is 17.1. The first-order chi connectivity index (χ1) is 16.7.